The van der Waals surface area contributed by atoms with E-state index in [9.17, 15) is 42.6 Å². The Hall–Kier alpha value is -4.29. The summed E-state index contributed by atoms with van der Waals surface area (Å²) in [6, 6.07) is 9.44. The average Bonchev–Trinajstić information content (AvgIpc) is 2.90. The molecule has 0 amide bonds. The van der Waals surface area contributed by atoms with Gasteiger partial charge in [0.1, 0.15) is 11.5 Å². The van der Waals surface area contributed by atoms with Crippen molar-refractivity contribution >= 4 is 23.9 Å². The monoisotopic (exact) mass is 628 g/mol. The molecule has 2 aromatic carbocycles. The number of phenolic OH excluding ortho intramolecular Hbond substituents is 2. The highest BCUT2D eigenvalue weighted by Crippen LogP contribution is 2.33. The van der Waals surface area contributed by atoms with E-state index < -0.39 is 41.3 Å². The number of aliphatic carboxylic acids is 2. The summed E-state index contributed by atoms with van der Waals surface area (Å²) in [7, 11) is 0. The zero-order valence-corrected chi connectivity index (χ0v) is 24.6. The number of carbonyl (C=O) groups is 4. The molecule has 0 radical (unpaired) electrons. The van der Waals surface area contributed by atoms with E-state index in [0.29, 0.717) is 25.5 Å². The lowest BCUT2D eigenvalue weighted by Gasteiger charge is -2.17. The molecule has 0 bridgehead atoms. The van der Waals surface area contributed by atoms with Gasteiger partial charge in [0.05, 0.1) is 18.8 Å². The summed E-state index contributed by atoms with van der Waals surface area (Å²) in [4.78, 5) is 44.5. The molecule has 2 atom stereocenters. The lowest BCUT2D eigenvalue weighted by atomic mass is 9.91. The molecule has 0 aromatic heterocycles. The fraction of sp³-hybridized carbons (Fsp3) is 0.484. The number of hydrogen-bond acceptors (Lipinski definition) is 8. The molecular formula is C31H39F3O10. The molecule has 44 heavy (non-hydrogen) atoms. The number of esters is 2. The molecule has 0 fully saturated rings. The lowest BCUT2D eigenvalue weighted by molar-refractivity contribution is -0.145. The van der Waals surface area contributed by atoms with E-state index in [1.165, 1.54) is 6.07 Å². The quantitative estimate of drug-likeness (QED) is 0.168. The van der Waals surface area contributed by atoms with Crippen molar-refractivity contribution in [3.8, 4) is 11.5 Å². The molecular weight excluding hydrogens is 589 g/mol. The van der Waals surface area contributed by atoms with Gasteiger partial charge in [-0.15, -0.1) is 0 Å². The van der Waals surface area contributed by atoms with Crippen molar-refractivity contribution < 1.29 is 62.2 Å². The average molecular weight is 629 g/mol. The van der Waals surface area contributed by atoms with E-state index >= 15 is 0 Å². The predicted molar refractivity (Wildman–Crippen MR) is 152 cm³/mol. The largest absolute Gasteiger partial charge is 0.508 e. The smallest absolute Gasteiger partial charge is 0.416 e. The SMILES string of the molecule is CCOC(=O)CC(CCC(=O)O)Cc1cc(O)cc(C(F)(F)F)c1.CCOC(=O)CC(CCC(=O)O)Cc1cccc(O)c1. The van der Waals surface area contributed by atoms with E-state index in [1.807, 2.05) is 6.07 Å². The third-order valence-corrected chi connectivity index (χ3v) is 6.32. The van der Waals surface area contributed by atoms with Crippen LogP contribution < -0.4 is 0 Å². The lowest BCUT2D eigenvalue weighted by Crippen LogP contribution is -2.16. The summed E-state index contributed by atoms with van der Waals surface area (Å²) in [6.45, 7) is 3.83. The van der Waals surface area contributed by atoms with Gasteiger partial charge in [0.15, 0.2) is 0 Å². The second-order valence-electron chi connectivity index (χ2n) is 10.1. The Balaban J connectivity index is 0.000000447. The van der Waals surface area contributed by atoms with Gasteiger partial charge in [-0.1, -0.05) is 12.1 Å². The third-order valence-electron chi connectivity index (χ3n) is 6.32. The zero-order chi connectivity index (χ0) is 33.3. The Morgan fingerprint density at radius 2 is 1.20 bits per heavy atom. The minimum atomic E-state index is -4.61. The van der Waals surface area contributed by atoms with Crippen LogP contribution in [0.2, 0.25) is 0 Å². The number of benzene rings is 2. The Bertz CT molecular complexity index is 1230. The normalized spacial score (nSPS) is 12.3. The van der Waals surface area contributed by atoms with Crippen molar-refractivity contribution in [3.05, 3.63) is 59.2 Å². The molecule has 4 N–H and O–H groups in total. The number of phenols is 2. The van der Waals surface area contributed by atoms with Crippen molar-refractivity contribution in [1.82, 2.24) is 0 Å². The summed E-state index contributed by atoms with van der Waals surface area (Å²) >= 11 is 0. The van der Waals surface area contributed by atoms with E-state index in [-0.39, 0.29) is 68.3 Å². The first kappa shape index (κ1) is 37.7. The highest BCUT2D eigenvalue weighted by Gasteiger charge is 2.31. The number of ether oxygens (including phenoxy) is 2. The van der Waals surface area contributed by atoms with Gasteiger partial charge >= 0.3 is 30.1 Å². The van der Waals surface area contributed by atoms with E-state index in [2.05, 4.69) is 0 Å². The van der Waals surface area contributed by atoms with Gasteiger partial charge in [0, 0.05) is 25.7 Å². The molecule has 13 heteroatoms. The van der Waals surface area contributed by atoms with Crippen LogP contribution in [0, 0.1) is 11.8 Å². The molecule has 0 aliphatic heterocycles. The summed E-state index contributed by atoms with van der Waals surface area (Å²) in [5, 5.41) is 36.4. The molecule has 0 spiro atoms. The second-order valence-corrected chi connectivity index (χ2v) is 10.1. The molecule has 0 saturated heterocycles. The van der Waals surface area contributed by atoms with Crippen LogP contribution in [0.3, 0.4) is 0 Å². The molecule has 2 unspecified atom stereocenters. The summed E-state index contributed by atoms with van der Waals surface area (Å²) in [6.07, 6.45) is -3.61. The van der Waals surface area contributed by atoms with Crippen molar-refractivity contribution in [2.45, 2.75) is 71.4 Å². The Labute approximate surface area is 253 Å². The second kappa shape index (κ2) is 19.1. The van der Waals surface area contributed by atoms with Crippen LogP contribution in [0.15, 0.2) is 42.5 Å². The number of carboxylic acids is 2. The van der Waals surface area contributed by atoms with Gasteiger partial charge in [-0.25, -0.2) is 0 Å². The molecule has 0 saturated carbocycles. The number of alkyl halides is 3. The highest BCUT2D eigenvalue weighted by molar-refractivity contribution is 5.71. The Kier molecular flexibility index (Phi) is 16.4. The van der Waals surface area contributed by atoms with Gasteiger partial charge < -0.3 is 29.9 Å². The maximum absolute atomic E-state index is 12.8. The standard InChI is InChI=1S/C16H19F3O5.C15H20O5/c1-2-24-15(23)8-10(3-4-14(21)22)5-11-6-12(16(17,18)19)9-13(20)7-11;1-2-20-15(19)10-12(6-7-14(17)18)8-11-4-3-5-13(16)9-11/h6-7,9-10,20H,2-5,8H2,1H3,(H,21,22);3-5,9,12,16H,2,6-8,10H2,1H3,(H,17,18). The minimum Gasteiger partial charge on any atom is -0.508 e. The van der Waals surface area contributed by atoms with Crippen molar-refractivity contribution in [3.63, 3.8) is 0 Å². The fourth-order valence-corrected chi connectivity index (χ4v) is 4.42. The number of hydrogen-bond donors (Lipinski definition) is 4. The third kappa shape index (κ3) is 16.4. The van der Waals surface area contributed by atoms with Gasteiger partial charge in [-0.05, 0) is 92.8 Å². The van der Waals surface area contributed by atoms with Crippen LogP contribution in [0.1, 0.15) is 69.1 Å². The zero-order valence-electron chi connectivity index (χ0n) is 24.6. The van der Waals surface area contributed by atoms with Crippen molar-refractivity contribution in [2.24, 2.45) is 11.8 Å². The summed E-state index contributed by atoms with van der Waals surface area (Å²) in [5.74, 6) is -3.77. The molecule has 2 rings (SSSR count). The summed E-state index contributed by atoms with van der Waals surface area (Å²) in [5.41, 5.74) is 0.0670. The molecule has 0 heterocycles. The number of carboxylic acid groups (broad SMARTS) is 2. The van der Waals surface area contributed by atoms with Crippen LogP contribution >= 0.6 is 0 Å². The van der Waals surface area contributed by atoms with Gasteiger partial charge in [-0.2, -0.15) is 13.2 Å². The van der Waals surface area contributed by atoms with E-state index in [0.717, 1.165) is 11.6 Å². The number of carbonyl (C=O) groups excluding carboxylic acids is 2. The molecule has 10 nitrogen and oxygen atoms in total. The Morgan fingerprint density at radius 1 is 0.727 bits per heavy atom. The molecule has 0 aliphatic rings. The fourth-order valence-electron chi connectivity index (χ4n) is 4.42. The molecule has 0 aliphatic carbocycles. The number of halogens is 3. The van der Waals surface area contributed by atoms with Crippen LogP contribution in [-0.2, 0) is 47.7 Å². The van der Waals surface area contributed by atoms with E-state index in [1.54, 1.807) is 32.0 Å². The maximum Gasteiger partial charge on any atom is 0.416 e. The first-order chi connectivity index (χ1) is 20.6. The number of rotatable bonds is 16. The van der Waals surface area contributed by atoms with Crippen molar-refractivity contribution in [1.29, 1.82) is 0 Å². The van der Waals surface area contributed by atoms with Crippen LogP contribution in [0.5, 0.6) is 11.5 Å². The van der Waals surface area contributed by atoms with Gasteiger partial charge in [0.25, 0.3) is 0 Å². The first-order valence-corrected chi connectivity index (χ1v) is 14.1. The maximum atomic E-state index is 12.8. The predicted octanol–water partition coefficient (Wildman–Crippen LogP) is 5.76. The minimum absolute atomic E-state index is 0.0168. The van der Waals surface area contributed by atoms with Crippen LogP contribution in [0.4, 0.5) is 13.2 Å². The Morgan fingerprint density at radius 3 is 1.64 bits per heavy atom. The van der Waals surface area contributed by atoms with Crippen molar-refractivity contribution in [2.75, 3.05) is 13.2 Å². The first-order valence-electron chi connectivity index (χ1n) is 14.1. The molecule has 244 valence electrons. The van der Waals surface area contributed by atoms with E-state index in [4.69, 9.17) is 19.7 Å². The number of aromatic hydroxyl groups is 2. The van der Waals surface area contributed by atoms with Gasteiger partial charge in [-0.3, -0.25) is 19.2 Å². The molecule has 2 aromatic rings. The van der Waals surface area contributed by atoms with Gasteiger partial charge in [0.2, 0.25) is 0 Å². The highest BCUT2D eigenvalue weighted by atomic mass is 19.4. The topological polar surface area (TPSA) is 168 Å². The van der Waals surface area contributed by atoms with Crippen LogP contribution in [0.25, 0.3) is 0 Å². The van der Waals surface area contributed by atoms with Crippen LogP contribution in [-0.4, -0.2) is 57.5 Å². The summed E-state index contributed by atoms with van der Waals surface area (Å²) < 4.78 is 48.1.